The molecule has 2 rings (SSSR count). The quantitative estimate of drug-likeness (QED) is 0.626. The molecular weight excluding hydrogens is 370 g/mol. The molecule has 154 valence electrons. The maximum absolute atomic E-state index is 12.0. The molecule has 0 aliphatic carbocycles. The van der Waals surface area contributed by atoms with Crippen molar-refractivity contribution >= 4 is 23.4 Å². The first-order valence-electron chi connectivity index (χ1n) is 9.43. The van der Waals surface area contributed by atoms with Gasteiger partial charge in [-0.2, -0.15) is 0 Å². The molecule has 2 aromatic rings. The highest BCUT2D eigenvalue weighted by molar-refractivity contribution is 5.93. The summed E-state index contributed by atoms with van der Waals surface area (Å²) in [5, 5.41) is 2.75. The van der Waals surface area contributed by atoms with Crippen molar-refractivity contribution in [1.82, 2.24) is 10.9 Å². The number of amides is 3. The Balaban J connectivity index is 1.70. The van der Waals surface area contributed by atoms with Gasteiger partial charge in [-0.25, -0.2) is 0 Å². The number of aryl methyl sites for hydroxylation is 3. The van der Waals surface area contributed by atoms with Crippen LogP contribution in [0.4, 0.5) is 5.69 Å². The van der Waals surface area contributed by atoms with Gasteiger partial charge < -0.3 is 10.1 Å². The molecule has 0 aliphatic heterocycles. The van der Waals surface area contributed by atoms with Crippen LogP contribution in [0.15, 0.2) is 42.5 Å². The van der Waals surface area contributed by atoms with Crippen molar-refractivity contribution in [1.29, 1.82) is 0 Å². The average molecular weight is 397 g/mol. The lowest BCUT2D eigenvalue weighted by Gasteiger charge is -2.15. The van der Waals surface area contributed by atoms with Crippen LogP contribution in [0, 0.1) is 20.8 Å². The largest absolute Gasteiger partial charge is 0.481 e. The maximum atomic E-state index is 12.0. The van der Waals surface area contributed by atoms with Gasteiger partial charge in [0, 0.05) is 18.5 Å². The van der Waals surface area contributed by atoms with E-state index in [1.165, 1.54) is 0 Å². The van der Waals surface area contributed by atoms with E-state index in [1.807, 2.05) is 51.1 Å². The Kier molecular flexibility index (Phi) is 7.77. The van der Waals surface area contributed by atoms with Crippen molar-refractivity contribution in [3.05, 3.63) is 59.2 Å². The number of nitrogens with one attached hydrogen (secondary N) is 3. The third-order valence-electron chi connectivity index (χ3n) is 4.40. The fraction of sp³-hybridized carbons (Fsp3) is 0.318. The summed E-state index contributed by atoms with van der Waals surface area (Å²) in [6.45, 7) is 7.49. The summed E-state index contributed by atoms with van der Waals surface area (Å²) in [4.78, 5) is 35.9. The second-order valence-electron chi connectivity index (χ2n) is 6.96. The second-order valence-corrected chi connectivity index (χ2v) is 6.96. The van der Waals surface area contributed by atoms with Gasteiger partial charge in [0.05, 0.1) is 0 Å². The molecule has 3 amide bonds. The monoisotopic (exact) mass is 397 g/mol. The highest BCUT2D eigenvalue weighted by Crippen LogP contribution is 2.15. The van der Waals surface area contributed by atoms with Crippen LogP contribution in [0.1, 0.15) is 36.5 Å². The van der Waals surface area contributed by atoms with E-state index < -0.39 is 17.9 Å². The first-order chi connectivity index (χ1) is 13.7. The van der Waals surface area contributed by atoms with Crippen LogP contribution in [-0.4, -0.2) is 23.8 Å². The Labute approximate surface area is 170 Å². The summed E-state index contributed by atoms with van der Waals surface area (Å²) in [6, 6.07) is 12.9. The Morgan fingerprint density at radius 3 is 2.17 bits per heavy atom. The minimum atomic E-state index is -0.786. The zero-order valence-electron chi connectivity index (χ0n) is 17.2. The van der Waals surface area contributed by atoms with Crippen LogP contribution >= 0.6 is 0 Å². The first-order valence-corrected chi connectivity index (χ1v) is 9.43. The molecular formula is C22H27N3O4. The lowest BCUT2D eigenvalue weighted by atomic mass is 10.1. The third kappa shape index (κ3) is 7.29. The molecule has 0 saturated carbocycles. The minimum Gasteiger partial charge on any atom is -0.481 e. The number of carbonyl (C=O) groups is 3. The fourth-order valence-electron chi connectivity index (χ4n) is 2.44. The molecule has 0 radical (unpaired) electrons. The van der Waals surface area contributed by atoms with E-state index >= 15 is 0 Å². The number of hydrogen-bond donors (Lipinski definition) is 3. The smallest absolute Gasteiger partial charge is 0.279 e. The van der Waals surface area contributed by atoms with E-state index in [9.17, 15) is 14.4 Å². The van der Waals surface area contributed by atoms with Gasteiger partial charge in [0.1, 0.15) is 5.75 Å². The van der Waals surface area contributed by atoms with Crippen LogP contribution in [0.3, 0.4) is 0 Å². The number of anilines is 1. The van der Waals surface area contributed by atoms with E-state index in [0.717, 1.165) is 16.7 Å². The molecule has 0 saturated heterocycles. The lowest BCUT2D eigenvalue weighted by Crippen LogP contribution is -2.47. The topological polar surface area (TPSA) is 96.5 Å². The van der Waals surface area contributed by atoms with Crippen LogP contribution < -0.4 is 20.9 Å². The van der Waals surface area contributed by atoms with E-state index in [1.54, 1.807) is 19.1 Å². The van der Waals surface area contributed by atoms with Gasteiger partial charge >= 0.3 is 0 Å². The summed E-state index contributed by atoms with van der Waals surface area (Å²) < 4.78 is 5.52. The number of hydrazine groups is 1. The fourth-order valence-corrected chi connectivity index (χ4v) is 2.44. The van der Waals surface area contributed by atoms with Gasteiger partial charge in [-0.15, -0.1) is 0 Å². The highest BCUT2D eigenvalue weighted by Gasteiger charge is 2.16. The molecule has 29 heavy (non-hydrogen) atoms. The molecule has 0 fully saturated rings. The Morgan fingerprint density at radius 2 is 1.52 bits per heavy atom. The van der Waals surface area contributed by atoms with E-state index in [0.29, 0.717) is 11.4 Å². The van der Waals surface area contributed by atoms with Crippen molar-refractivity contribution in [2.75, 3.05) is 5.32 Å². The van der Waals surface area contributed by atoms with Crippen molar-refractivity contribution in [2.45, 2.75) is 46.6 Å². The van der Waals surface area contributed by atoms with Crippen LogP contribution in [0.2, 0.25) is 0 Å². The predicted molar refractivity (Wildman–Crippen MR) is 111 cm³/mol. The number of benzene rings is 2. The molecule has 2 aromatic carbocycles. The van der Waals surface area contributed by atoms with E-state index in [2.05, 4.69) is 16.2 Å². The zero-order chi connectivity index (χ0) is 21.4. The number of ether oxygens (including phenoxy) is 1. The zero-order valence-corrected chi connectivity index (χ0v) is 17.2. The molecule has 0 aromatic heterocycles. The molecule has 1 atom stereocenters. The molecule has 7 nitrogen and oxygen atoms in total. The summed E-state index contributed by atoms with van der Waals surface area (Å²) in [5.41, 5.74) is 8.59. The first kappa shape index (κ1) is 21.9. The molecule has 3 N–H and O–H groups in total. The highest BCUT2D eigenvalue weighted by atomic mass is 16.5. The number of carbonyl (C=O) groups excluding carboxylic acids is 3. The molecule has 0 spiro atoms. The van der Waals surface area contributed by atoms with Gasteiger partial charge in [0.2, 0.25) is 11.8 Å². The summed E-state index contributed by atoms with van der Waals surface area (Å²) >= 11 is 0. The van der Waals surface area contributed by atoms with Crippen molar-refractivity contribution < 1.29 is 19.1 Å². The van der Waals surface area contributed by atoms with Crippen LogP contribution in [0.25, 0.3) is 0 Å². The predicted octanol–water partition coefficient (Wildman–Crippen LogP) is 2.95. The minimum absolute atomic E-state index is 0.00402. The summed E-state index contributed by atoms with van der Waals surface area (Å²) in [7, 11) is 0. The van der Waals surface area contributed by atoms with Crippen molar-refractivity contribution in [3.8, 4) is 5.75 Å². The summed E-state index contributed by atoms with van der Waals surface area (Å²) in [6.07, 6.45) is -0.833. The maximum Gasteiger partial charge on any atom is 0.279 e. The third-order valence-corrected chi connectivity index (χ3v) is 4.40. The second kappa shape index (κ2) is 10.3. The standard InChI is InChI=1S/C22H27N3O4/c1-14-5-9-19(10-6-14)29-17(4)22(28)25-24-21(27)12-11-20(26)23-18-8-7-15(2)16(3)13-18/h5-10,13,17H,11-12H2,1-4H3,(H,23,26)(H,24,27)(H,25,28). The van der Waals surface area contributed by atoms with Gasteiger partial charge in [0.15, 0.2) is 6.10 Å². The van der Waals surface area contributed by atoms with Crippen molar-refractivity contribution in [2.24, 2.45) is 0 Å². The van der Waals surface area contributed by atoms with Gasteiger partial charge in [-0.1, -0.05) is 23.8 Å². The van der Waals surface area contributed by atoms with E-state index in [-0.39, 0.29) is 18.7 Å². The van der Waals surface area contributed by atoms with Crippen LogP contribution in [0.5, 0.6) is 5.75 Å². The molecule has 0 heterocycles. The van der Waals surface area contributed by atoms with Gasteiger partial charge in [-0.3, -0.25) is 25.2 Å². The molecule has 1 unspecified atom stereocenters. The number of rotatable bonds is 7. The van der Waals surface area contributed by atoms with E-state index in [4.69, 9.17) is 4.74 Å². The Morgan fingerprint density at radius 1 is 0.862 bits per heavy atom. The molecule has 0 aliphatic rings. The van der Waals surface area contributed by atoms with Crippen LogP contribution in [-0.2, 0) is 14.4 Å². The molecule has 0 bridgehead atoms. The SMILES string of the molecule is Cc1ccc(OC(C)C(=O)NNC(=O)CCC(=O)Nc2ccc(C)c(C)c2)cc1. The summed E-state index contributed by atoms with van der Waals surface area (Å²) in [5.74, 6) is -0.659. The van der Waals surface area contributed by atoms with Gasteiger partial charge in [-0.05, 0) is 63.1 Å². The Hall–Kier alpha value is -3.35. The Bertz CT molecular complexity index is 878. The lowest BCUT2D eigenvalue weighted by molar-refractivity contribution is -0.133. The number of hydrogen-bond acceptors (Lipinski definition) is 4. The van der Waals surface area contributed by atoms with Gasteiger partial charge in [0.25, 0.3) is 5.91 Å². The average Bonchev–Trinajstić information content (AvgIpc) is 2.69. The molecule has 7 heteroatoms. The van der Waals surface area contributed by atoms with Crippen molar-refractivity contribution in [3.63, 3.8) is 0 Å². The normalized spacial score (nSPS) is 11.3.